The molecule has 0 aromatic heterocycles. The quantitative estimate of drug-likeness (QED) is 0.130. The molecule has 0 unspecified atom stereocenters. The highest BCUT2D eigenvalue weighted by molar-refractivity contribution is 6.15. The summed E-state index contributed by atoms with van der Waals surface area (Å²) in [6.07, 6.45) is 9.01. The molecule has 3 aliphatic heterocycles. The molecule has 1 atom stereocenters. The van der Waals surface area contributed by atoms with Gasteiger partial charge in [-0.2, -0.15) is 0 Å². The van der Waals surface area contributed by atoms with Crippen molar-refractivity contribution >= 4 is 46.5 Å². The lowest BCUT2D eigenvalue weighted by atomic mass is 9.85. The summed E-state index contributed by atoms with van der Waals surface area (Å²) >= 11 is 0. The Kier molecular flexibility index (Phi) is 9.33. The van der Waals surface area contributed by atoms with Crippen molar-refractivity contribution in [3.63, 3.8) is 0 Å². The van der Waals surface area contributed by atoms with Crippen LogP contribution < -0.4 is 16.0 Å². The van der Waals surface area contributed by atoms with Crippen LogP contribution in [0.4, 0.5) is 16.2 Å². The van der Waals surface area contributed by atoms with E-state index in [1.165, 1.54) is 7.05 Å². The van der Waals surface area contributed by atoms with E-state index in [0.29, 0.717) is 85.6 Å². The van der Waals surface area contributed by atoms with Crippen molar-refractivity contribution in [1.82, 2.24) is 15.1 Å². The van der Waals surface area contributed by atoms with Crippen LogP contribution in [0.2, 0.25) is 0 Å². The van der Waals surface area contributed by atoms with Gasteiger partial charge in [-0.3, -0.25) is 25.3 Å². The predicted octanol–water partition coefficient (Wildman–Crippen LogP) is 4.09. The van der Waals surface area contributed by atoms with Crippen molar-refractivity contribution in [2.45, 2.75) is 19.3 Å². The number of terminal acetylenes is 1. The highest BCUT2D eigenvalue weighted by Gasteiger charge is 2.51. The molecule has 2 fully saturated rings. The molecule has 2 saturated heterocycles. The normalized spacial score (nSPS) is 19.0. The molecule has 1 spiro atoms. The molecule has 49 heavy (non-hydrogen) atoms. The summed E-state index contributed by atoms with van der Waals surface area (Å²) in [5, 5.41) is 19.1. The molecule has 0 bridgehead atoms. The van der Waals surface area contributed by atoms with E-state index in [9.17, 15) is 14.4 Å². The number of nitrogens with two attached hydrogens (primary N) is 1. The number of alkyl carbamates (subject to hydrolysis) is 1. The number of likely N-dealkylation sites (tertiary alicyclic amines) is 1. The minimum absolute atomic E-state index is 0.0420. The molecule has 0 radical (unpaired) electrons. The number of carbonyl (C=O) groups is 3. The minimum Gasteiger partial charge on any atom is -0.398 e. The number of rotatable bonds is 7. The van der Waals surface area contributed by atoms with Gasteiger partial charge in [-0.25, -0.2) is 4.79 Å². The zero-order chi connectivity index (χ0) is 34.7. The van der Waals surface area contributed by atoms with Gasteiger partial charge in [-0.15, -0.1) is 6.42 Å². The average Bonchev–Trinajstić information content (AvgIpc) is 3.69. The third-order valence-corrected chi connectivity index (χ3v) is 9.72. The van der Waals surface area contributed by atoms with Gasteiger partial charge in [0.2, 0.25) is 17.7 Å². The van der Waals surface area contributed by atoms with Gasteiger partial charge < -0.3 is 25.6 Å². The Bertz CT molecular complexity index is 1910. The van der Waals surface area contributed by atoms with E-state index in [2.05, 4.69) is 22.2 Å². The fraction of sp³-hybridized carbons (Fsp3) is 0.289. The molecule has 11 nitrogen and oxygen atoms in total. The van der Waals surface area contributed by atoms with Crippen molar-refractivity contribution in [2.75, 3.05) is 56.9 Å². The third kappa shape index (κ3) is 6.82. The molecular formula is C38H39N7O4. The Morgan fingerprint density at radius 1 is 1.02 bits per heavy atom. The van der Waals surface area contributed by atoms with Crippen molar-refractivity contribution in [3.05, 3.63) is 101 Å². The summed E-state index contributed by atoms with van der Waals surface area (Å²) in [5.41, 5.74) is 11.6. The first-order valence-corrected chi connectivity index (χ1v) is 16.3. The number of nitrogen functional groups attached to an aromatic ring is 1. The summed E-state index contributed by atoms with van der Waals surface area (Å²) < 4.78 is 4.90. The van der Waals surface area contributed by atoms with Gasteiger partial charge in [-0.05, 0) is 79.4 Å². The smallest absolute Gasteiger partial charge is 0.398 e. The summed E-state index contributed by atoms with van der Waals surface area (Å²) in [6.45, 7) is 3.12. The molecule has 250 valence electrons. The highest BCUT2D eigenvalue weighted by Crippen LogP contribution is 2.43. The number of nitrogens with zero attached hydrogens (tertiary/aromatic N) is 3. The van der Waals surface area contributed by atoms with E-state index < -0.39 is 11.5 Å². The van der Waals surface area contributed by atoms with Crippen molar-refractivity contribution < 1.29 is 19.1 Å². The maximum absolute atomic E-state index is 13.9. The Balaban J connectivity index is 1.05. The molecule has 3 heterocycles. The van der Waals surface area contributed by atoms with Gasteiger partial charge in [0.15, 0.2) is 0 Å². The van der Waals surface area contributed by atoms with Gasteiger partial charge in [0.25, 0.3) is 0 Å². The second kappa shape index (κ2) is 13.8. The van der Waals surface area contributed by atoms with Gasteiger partial charge in [0, 0.05) is 66.9 Å². The first-order valence-electron chi connectivity index (χ1n) is 16.3. The van der Waals surface area contributed by atoms with Crippen molar-refractivity contribution in [1.29, 1.82) is 10.8 Å². The highest BCUT2D eigenvalue weighted by atomic mass is 16.6. The lowest BCUT2D eigenvalue weighted by Gasteiger charge is -2.29. The van der Waals surface area contributed by atoms with Crippen LogP contribution in [0.5, 0.6) is 0 Å². The van der Waals surface area contributed by atoms with Gasteiger partial charge in [0.05, 0.1) is 17.7 Å². The molecule has 3 aliphatic rings. The second-order valence-electron chi connectivity index (χ2n) is 12.7. The maximum Gasteiger partial charge on any atom is 0.413 e. The molecule has 6 rings (SSSR count). The van der Waals surface area contributed by atoms with Gasteiger partial charge in [-0.1, -0.05) is 36.3 Å². The zero-order valence-electron chi connectivity index (χ0n) is 27.4. The van der Waals surface area contributed by atoms with Crippen LogP contribution in [0, 0.1) is 28.6 Å². The SMILES string of the molecule is C#Cc1cccc(C(=N)c2cc(N3CC[C@]4(CCN(CC(=O)N5CC=C(c6ccc(C(=N)OC(=O)NC)cc6)CC5)C4)C3=O)ccc2N)c1. The zero-order valence-corrected chi connectivity index (χ0v) is 27.4. The molecule has 0 saturated carbocycles. The topological polar surface area (TPSA) is 156 Å². The molecular weight excluding hydrogens is 618 g/mol. The Labute approximate surface area is 285 Å². The largest absolute Gasteiger partial charge is 0.413 e. The van der Waals surface area contributed by atoms with Crippen molar-refractivity contribution in [2.24, 2.45) is 5.41 Å². The fourth-order valence-corrected chi connectivity index (χ4v) is 6.87. The van der Waals surface area contributed by atoms with Crippen LogP contribution in [0.3, 0.4) is 0 Å². The number of hydrogen-bond donors (Lipinski definition) is 4. The van der Waals surface area contributed by atoms with E-state index in [1.807, 2.05) is 47.4 Å². The molecule has 11 heteroatoms. The first-order chi connectivity index (χ1) is 23.6. The van der Waals surface area contributed by atoms with E-state index in [-0.39, 0.29) is 30.0 Å². The lowest BCUT2D eigenvalue weighted by molar-refractivity contribution is -0.132. The Morgan fingerprint density at radius 3 is 2.51 bits per heavy atom. The summed E-state index contributed by atoms with van der Waals surface area (Å²) in [5.74, 6) is 2.46. The number of nitrogens with one attached hydrogen (secondary N) is 3. The monoisotopic (exact) mass is 657 g/mol. The summed E-state index contributed by atoms with van der Waals surface area (Å²) in [7, 11) is 1.44. The predicted molar refractivity (Wildman–Crippen MR) is 190 cm³/mol. The standard InChI is InChI=1S/C38H39N7O4/c1-3-25-5-4-6-29(21-25)34(40)31-22-30(11-12-32(31)39)45-20-16-38(36(45)47)15-19-43(24-38)23-33(46)44-17-13-27(14-18-44)26-7-9-28(10-8-26)35(41)49-37(48)42-2/h1,4-13,21-22,40-41H,14-20,23-24,39H2,2H3,(H,42,48)/t38-/m0/s1. The molecule has 0 aliphatic carbocycles. The molecule has 3 amide bonds. The number of ether oxygens (including phenoxy) is 1. The van der Waals surface area contributed by atoms with E-state index in [0.717, 1.165) is 11.1 Å². The Hall–Kier alpha value is -5.73. The summed E-state index contributed by atoms with van der Waals surface area (Å²) in [6, 6.07) is 19.9. The number of amides is 3. The third-order valence-electron chi connectivity index (χ3n) is 9.72. The van der Waals surface area contributed by atoms with Gasteiger partial charge >= 0.3 is 6.09 Å². The lowest BCUT2D eigenvalue weighted by Crippen LogP contribution is -2.43. The van der Waals surface area contributed by atoms with Gasteiger partial charge in [0.1, 0.15) is 0 Å². The van der Waals surface area contributed by atoms with Crippen LogP contribution >= 0.6 is 0 Å². The summed E-state index contributed by atoms with van der Waals surface area (Å²) in [4.78, 5) is 44.4. The second-order valence-corrected chi connectivity index (χ2v) is 12.7. The number of benzene rings is 3. The van der Waals surface area contributed by atoms with Crippen LogP contribution in [-0.4, -0.2) is 85.6 Å². The van der Waals surface area contributed by atoms with E-state index in [4.69, 9.17) is 27.7 Å². The van der Waals surface area contributed by atoms with E-state index in [1.54, 1.807) is 29.2 Å². The van der Waals surface area contributed by atoms with Crippen LogP contribution in [0.15, 0.2) is 72.8 Å². The Morgan fingerprint density at radius 2 is 1.80 bits per heavy atom. The number of hydrogen-bond acceptors (Lipinski definition) is 8. The minimum atomic E-state index is -0.690. The van der Waals surface area contributed by atoms with Crippen LogP contribution in [0.25, 0.3) is 5.57 Å². The molecule has 3 aromatic carbocycles. The number of carbonyl (C=O) groups excluding carboxylic acids is 3. The number of anilines is 2. The fourth-order valence-electron chi connectivity index (χ4n) is 6.87. The molecule has 3 aromatic rings. The van der Waals surface area contributed by atoms with Crippen LogP contribution in [0.1, 0.15) is 47.1 Å². The van der Waals surface area contributed by atoms with Crippen LogP contribution in [-0.2, 0) is 14.3 Å². The molecule has 5 N–H and O–H groups in total. The average molecular weight is 658 g/mol. The van der Waals surface area contributed by atoms with Crippen molar-refractivity contribution in [3.8, 4) is 12.3 Å². The first kappa shape index (κ1) is 33.2. The van der Waals surface area contributed by atoms with E-state index >= 15 is 0 Å². The maximum atomic E-state index is 13.9.